The van der Waals surface area contributed by atoms with Crippen LogP contribution in [0.1, 0.15) is 23.9 Å². The van der Waals surface area contributed by atoms with Gasteiger partial charge in [0, 0.05) is 37.5 Å². The summed E-state index contributed by atoms with van der Waals surface area (Å²) in [5.74, 6) is 2.30. The van der Waals surface area contributed by atoms with Crippen LogP contribution in [0.3, 0.4) is 0 Å². The van der Waals surface area contributed by atoms with Gasteiger partial charge in [-0.05, 0) is 18.6 Å². The van der Waals surface area contributed by atoms with E-state index in [4.69, 9.17) is 9.47 Å². The first kappa shape index (κ1) is 14.4. The van der Waals surface area contributed by atoms with E-state index in [0.29, 0.717) is 24.3 Å². The van der Waals surface area contributed by atoms with Crippen molar-refractivity contribution in [2.75, 3.05) is 14.2 Å². The van der Waals surface area contributed by atoms with Gasteiger partial charge in [0.05, 0.1) is 20.3 Å². The van der Waals surface area contributed by atoms with Crippen LogP contribution in [0.2, 0.25) is 0 Å². The predicted molar refractivity (Wildman–Crippen MR) is 76.0 cm³/mol. The molecule has 0 bridgehead atoms. The number of ether oxygens (including phenoxy) is 2. The highest BCUT2D eigenvalue weighted by Gasteiger charge is 2.15. The monoisotopic (exact) mass is 276 g/mol. The molecule has 2 aromatic rings. The Bertz CT molecular complexity index is 566. The van der Waals surface area contributed by atoms with E-state index in [1.807, 2.05) is 29.9 Å². The summed E-state index contributed by atoms with van der Waals surface area (Å²) in [6.45, 7) is 0. The van der Waals surface area contributed by atoms with Crippen LogP contribution in [0.15, 0.2) is 30.6 Å². The van der Waals surface area contributed by atoms with Gasteiger partial charge < -0.3 is 19.1 Å². The Morgan fingerprint density at radius 3 is 2.70 bits per heavy atom. The van der Waals surface area contributed by atoms with E-state index in [2.05, 4.69) is 4.98 Å². The molecule has 0 radical (unpaired) electrons. The van der Waals surface area contributed by atoms with E-state index in [9.17, 15) is 5.11 Å². The quantitative estimate of drug-likeness (QED) is 0.878. The number of rotatable bonds is 6. The zero-order chi connectivity index (χ0) is 14.5. The molecule has 1 unspecified atom stereocenters. The number of aryl methyl sites for hydroxylation is 2. The zero-order valence-corrected chi connectivity index (χ0v) is 12.0. The third-order valence-corrected chi connectivity index (χ3v) is 3.36. The minimum atomic E-state index is -0.590. The lowest BCUT2D eigenvalue weighted by Gasteiger charge is -2.15. The molecule has 0 amide bonds. The smallest absolute Gasteiger partial charge is 0.128 e. The Kier molecular flexibility index (Phi) is 4.63. The number of aliphatic hydroxyl groups excluding tert-OH is 1. The summed E-state index contributed by atoms with van der Waals surface area (Å²) in [6, 6.07) is 5.43. The average Bonchev–Trinajstić information content (AvgIpc) is 2.89. The van der Waals surface area contributed by atoms with Crippen LogP contribution in [0.4, 0.5) is 0 Å². The maximum absolute atomic E-state index is 10.3. The Morgan fingerprint density at radius 2 is 2.10 bits per heavy atom. The fraction of sp³-hybridized carbons (Fsp3) is 0.400. The second-order valence-electron chi connectivity index (χ2n) is 4.62. The van der Waals surface area contributed by atoms with E-state index < -0.39 is 6.10 Å². The molecule has 108 valence electrons. The van der Waals surface area contributed by atoms with Crippen LogP contribution >= 0.6 is 0 Å². The van der Waals surface area contributed by atoms with Crippen molar-refractivity contribution in [2.24, 2.45) is 7.05 Å². The average molecular weight is 276 g/mol. The molecule has 5 nitrogen and oxygen atoms in total. The molecule has 20 heavy (non-hydrogen) atoms. The van der Waals surface area contributed by atoms with E-state index in [0.717, 1.165) is 11.4 Å². The van der Waals surface area contributed by atoms with Crippen LogP contribution < -0.4 is 9.47 Å². The molecular formula is C15H20N2O3. The molecule has 0 spiro atoms. The molecule has 0 aliphatic heterocycles. The molecule has 1 N–H and O–H groups in total. The minimum absolute atomic E-state index is 0.590. The number of hydrogen-bond acceptors (Lipinski definition) is 4. The second-order valence-corrected chi connectivity index (χ2v) is 4.62. The van der Waals surface area contributed by atoms with Gasteiger partial charge in [0.25, 0.3) is 0 Å². The van der Waals surface area contributed by atoms with Crippen molar-refractivity contribution in [1.82, 2.24) is 9.55 Å². The number of aliphatic hydroxyl groups is 1. The third kappa shape index (κ3) is 3.11. The molecule has 0 aliphatic carbocycles. The topological polar surface area (TPSA) is 56.5 Å². The standard InChI is InChI=1S/C15H20N2O3/c1-17-9-8-16-15(17)7-6-13(18)12-5-4-11(19-2)10-14(12)20-3/h4-5,8-10,13,18H,6-7H2,1-3H3. The SMILES string of the molecule is COc1ccc(C(O)CCc2nccn2C)c(OC)c1. The summed E-state index contributed by atoms with van der Waals surface area (Å²) in [5.41, 5.74) is 0.766. The summed E-state index contributed by atoms with van der Waals surface area (Å²) in [4.78, 5) is 4.25. The number of aromatic nitrogens is 2. The lowest BCUT2D eigenvalue weighted by atomic mass is 10.0. The first-order chi connectivity index (χ1) is 9.65. The molecular weight excluding hydrogens is 256 g/mol. The van der Waals surface area contributed by atoms with E-state index >= 15 is 0 Å². The molecule has 0 aliphatic rings. The summed E-state index contributed by atoms with van der Waals surface area (Å²) in [6.07, 6.45) is 4.37. The lowest BCUT2D eigenvalue weighted by Crippen LogP contribution is -2.05. The molecule has 0 saturated carbocycles. The van der Waals surface area contributed by atoms with Crippen LogP contribution in [0.25, 0.3) is 0 Å². The number of benzene rings is 1. The summed E-state index contributed by atoms with van der Waals surface area (Å²) in [5, 5.41) is 10.3. The highest BCUT2D eigenvalue weighted by atomic mass is 16.5. The van der Waals surface area contributed by atoms with E-state index in [1.165, 1.54) is 0 Å². The van der Waals surface area contributed by atoms with Gasteiger partial charge in [-0.25, -0.2) is 4.98 Å². The molecule has 1 atom stereocenters. The van der Waals surface area contributed by atoms with E-state index in [-0.39, 0.29) is 0 Å². The summed E-state index contributed by atoms with van der Waals surface area (Å²) < 4.78 is 12.4. The lowest BCUT2D eigenvalue weighted by molar-refractivity contribution is 0.162. The third-order valence-electron chi connectivity index (χ3n) is 3.36. The van der Waals surface area contributed by atoms with Crippen molar-refractivity contribution in [3.05, 3.63) is 42.0 Å². The van der Waals surface area contributed by atoms with Gasteiger partial charge in [0.15, 0.2) is 0 Å². The van der Waals surface area contributed by atoms with Crippen molar-refractivity contribution < 1.29 is 14.6 Å². The van der Waals surface area contributed by atoms with Gasteiger partial charge in [-0.15, -0.1) is 0 Å². The minimum Gasteiger partial charge on any atom is -0.497 e. The van der Waals surface area contributed by atoms with Crippen LogP contribution in [-0.2, 0) is 13.5 Å². The van der Waals surface area contributed by atoms with Gasteiger partial charge in [0.2, 0.25) is 0 Å². The van der Waals surface area contributed by atoms with Gasteiger partial charge in [-0.2, -0.15) is 0 Å². The Morgan fingerprint density at radius 1 is 1.30 bits per heavy atom. The van der Waals surface area contributed by atoms with Crippen LogP contribution in [-0.4, -0.2) is 28.9 Å². The highest BCUT2D eigenvalue weighted by Crippen LogP contribution is 2.31. The number of imidazole rings is 1. The van der Waals surface area contributed by atoms with Gasteiger partial charge in [-0.3, -0.25) is 0 Å². The molecule has 1 aromatic carbocycles. The van der Waals surface area contributed by atoms with Crippen molar-refractivity contribution in [2.45, 2.75) is 18.9 Å². The summed E-state index contributed by atoms with van der Waals surface area (Å²) in [7, 11) is 5.14. The number of hydrogen-bond donors (Lipinski definition) is 1. The van der Waals surface area contributed by atoms with Gasteiger partial charge >= 0.3 is 0 Å². The molecule has 0 saturated heterocycles. The molecule has 1 aromatic heterocycles. The van der Waals surface area contributed by atoms with Crippen LogP contribution in [0, 0.1) is 0 Å². The number of nitrogens with zero attached hydrogens (tertiary/aromatic N) is 2. The second kappa shape index (κ2) is 6.43. The number of methoxy groups -OCH3 is 2. The maximum atomic E-state index is 10.3. The van der Waals surface area contributed by atoms with Crippen LogP contribution in [0.5, 0.6) is 11.5 Å². The molecule has 1 heterocycles. The highest BCUT2D eigenvalue weighted by molar-refractivity contribution is 5.41. The van der Waals surface area contributed by atoms with Crippen molar-refractivity contribution in [3.63, 3.8) is 0 Å². The van der Waals surface area contributed by atoms with Gasteiger partial charge in [0.1, 0.15) is 17.3 Å². The summed E-state index contributed by atoms with van der Waals surface area (Å²) >= 11 is 0. The maximum Gasteiger partial charge on any atom is 0.128 e. The fourth-order valence-electron chi connectivity index (χ4n) is 2.15. The van der Waals surface area contributed by atoms with E-state index in [1.54, 1.807) is 26.5 Å². The Hall–Kier alpha value is -2.01. The molecule has 2 rings (SSSR count). The van der Waals surface area contributed by atoms with Crippen molar-refractivity contribution in [1.29, 1.82) is 0 Å². The van der Waals surface area contributed by atoms with Crippen molar-refractivity contribution >= 4 is 0 Å². The molecule has 0 fully saturated rings. The predicted octanol–water partition coefficient (Wildman–Crippen LogP) is 2.10. The first-order valence-electron chi connectivity index (χ1n) is 6.52. The Labute approximate surface area is 118 Å². The fourth-order valence-corrected chi connectivity index (χ4v) is 2.15. The normalized spacial score (nSPS) is 12.2. The van der Waals surface area contributed by atoms with Gasteiger partial charge in [-0.1, -0.05) is 0 Å². The Balaban J connectivity index is 2.08. The zero-order valence-electron chi connectivity index (χ0n) is 12.0. The largest absolute Gasteiger partial charge is 0.497 e. The first-order valence-corrected chi connectivity index (χ1v) is 6.52. The molecule has 5 heteroatoms. The van der Waals surface area contributed by atoms with Crippen molar-refractivity contribution in [3.8, 4) is 11.5 Å².